The van der Waals surface area contributed by atoms with Crippen molar-refractivity contribution in [2.75, 3.05) is 6.54 Å². The van der Waals surface area contributed by atoms with Crippen LogP contribution in [-0.2, 0) is 4.79 Å². The van der Waals surface area contributed by atoms with E-state index in [0.29, 0.717) is 0 Å². The first-order valence-electron chi connectivity index (χ1n) is 7.73. The van der Waals surface area contributed by atoms with Crippen molar-refractivity contribution in [3.63, 3.8) is 0 Å². The molecule has 5 rings (SSSR count). The highest BCUT2D eigenvalue weighted by Crippen LogP contribution is 2.58. The molecule has 5 fully saturated rings. The van der Waals surface area contributed by atoms with Crippen LogP contribution in [0.1, 0.15) is 51.4 Å². The van der Waals surface area contributed by atoms with Gasteiger partial charge in [0.1, 0.15) is 0 Å². The van der Waals surface area contributed by atoms with Gasteiger partial charge in [0.15, 0.2) is 0 Å². The van der Waals surface area contributed by atoms with Crippen LogP contribution < -0.4 is 5.73 Å². The fraction of sp³-hybridized carbons (Fsp3) is 0.933. The molecule has 1 amide bonds. The Balaban J connectivity index is 1.65. The molecule has 100 valence electrons. The highest BCUT2D eigenvalue weighted by molar-refractivity contribution is 5.83. The number of carbonyl (C=O) groups is 1. The molecular weight excluding hydrogens is 224 g/mol. The van der Waals surface area contributed by atoms with E-state index in [1.807, 2.05) is 0 Å². The van der Waals surface area contributed by atoms with Gasteiger partial charge in [-0.3, -0.25) is 4.79 Å². The third-order valence-electron chi connectivity index (χ3n) is 6.06. The Morgan fingerprint density at radius 1 is 1.06 bits per heavy atom. The normalized spacial score (nSPS) is 50.9. The van der Waals surface area contributed by atoms with E-state index in [0.717, 1.165) is 37.1 Å². The molecule has 1 unspecified atom stereocenters. The second-order valence-corrected chi connectivity index (χ2v) is 7.38. The van der Waals surface area contributed by atoms with E-state index in [2.05, 4.69) is 4.90 Å². The molecule has 1 heterocycles. The van der Waals surface area contributed by atoms with Gasteiger partial charge in [0.05, 0.1) is 6.04 Å². The van der Waals surface area contributed by atoms with Crippen molar-refractivity contribution in [3.05, 3.63) is 0 Å². The predicted octanol–water partition coefficient (Wildman–Crippen LogP) is 1.90. The Bertz CT molecular complexity index is 343. The van der Waals surface area contributed by atoms with Gasteiger partial charge in [0, 0.05) is 12.1 Å². The maximum absolute atomic E-state index is 12.4. The molecule has 0 radical (unpaired) electrons. The van der Waals surface area contributed by atoms with E-state index < -0.39 is 0 Å². The fourth-order valence-corrected chi connectivity index (χ4v) is 5.77. The van der Waals surface area contributed by atoms with Crippen LogP contribution >= 0.6 is 0 Å². The first kappa shape index (κ1) is 11.3. The number of piperidine rings is 1. The van der Waals surface area contributed by atoms with Gasteiger partial charge in [-0.2, -0.15) is 0 Å². The molecule has 0 spiro atoms. The molecule has 1 aliphatic heterocycles. The molecule has 18 heavy (non-hydrogen) atoms. The SMILES string of the molecule is NC1CCCN(C23CC4CC(CC(C4)C2)C3)C1=O. The lowest BCUT2D eigenvalue weighted by Gasteiger charge is -2.61. The van der Waals surface area contributed by atoms with Crippen molar-refractivity contribution >= 4 is 5.91 Å². The quantitative estimate of drug-likeness (QED) is 0.770. The Morgan fingerprint density at radius 2 is 1.61 bits per heavy atom. The maximum Gasteiger partial charge on any atom is 0.239 e. The summed E-state index contributed by atoms with van der Waals surface area (Å²) in [5.41, 5.74) is 6.22. The Hall–Kier alpha value is -0.570. The highest BCUT2D eigenvalue weighted by atomic mass is 16.2. The zero-order valence-electron chi connectivity index (χ0n) is 11.1. The van der Waals surface area contributed by atoms with Crippen LogP contribution in [0.2, 0.25) is 0 Å². The van der Waals surface area contributed by atoms with Gasteiger partial charge in [0.2, 0.25) is 5.91 Å². The van der Waals surface area contributed by atoms with Gasteiger partial charge >= 0.3 is 0 Å². The van der Waals surface area contributed by atoms with E-state index in [1.54, 1.807) is 0 Å². The second-order valence-electron chi connectivity index (χ2n) is 7.38. The second kappa shape index (κ2) is 3.72. The largest absolute Gasteiger partial charge is 0.336 e. The van der Waals surface area contributed by atoms with Crippen molar-refractivity contribution < 1.29 is 4.79 Å². The summed E-state index contributed by atoms with van der Waals surface area (Å²) in [7, 11) is 0. The van der Waals surface area contributed by atoms with Crippen LogP contribution in [0, 0.1) is 17.8 Å². The van der Waals surface area contributed by atoms with Gasteiger partial charge in [-0.1, -0.05) is 0 Å². The van der Waals surface area contributed by atoms with Crippen molar-refractivity contribution in [1.82, 2.24) is 4.90 Å². The monoisotopic (exact) mass is 248 g/mol. The Kier molecular flexibility index (Phi) is 2.33. The lowest BCUT2D eigenvalue weighted by Crippen LogP contribution is -2.65. The van der Waals surface area contributed by atoms with Crippen LogP contribution in [0.5, 0.6) is 0 Å². The Morgan fingerprint density at radius 3 is 2.17 bits per heavy atom. The number of nitrogens with zero attached hydrogens (tertiary/aromatic N) is 1. The van der Waals surface area contributed by atoms with E-state index in [9.17, 15) is 4.79 Å². The lowest BCUT2D eigenvalue weighted by molar-refractivity contribution is -0.155. The van der Waals surface area contributed by atoms with Gasteiger partial charge in [-0.05, 0) is 69.1 Å². The average molecular weight is 248 g/mol. The summed E-state index contributed by atoms with van der Waals surface area (Å²) >= 11 is 0. The molecule has 4 saturated carbocycles. The van der Waals surface area contributed by atoms with E-state index in [1.165, 1.54) is 38.5 Å². The molecule has 5 aliphatic rings. The summed E-state index contributed by atoms with van der Waals surface area (Å²) in [4.78, 5) is 14.7. The maximum atomic E-state index is 12.4. The van der Waals surface area contributed by atoms with Crippen molar-refractivity contribution in [2.45, 2.75) is 62.9 Å². The van der Waals surface area contributed by atoms with Gasteiger partial charge in [0.25, 0.3) is 0 Å². The van der Waals surface area contributed by atoms with E-state index >= 15 is 0 Å². The standard InChI is InChI=1S/C15H24N2O/c16-13-2-1-3-17(14(13)18)15-7-10-4-11(8-15)6-12(5-10)9-15/h10-13H,1-9,16H2. The summed E-state index contributed by atoms with van der Waals surface area (Å²) in [6, 6.07) is -0.216. The minimum absolute atomic E-state index is 0.216. The molecule has 4 aliphatic carbocycles. The van der Waals surface area contributed by atoms with Crippen LogP contribution in [0.4, 0.5) is 0 Å². The summed E-state index contributed by atoms with van der Waals surface area (Å²) < 4.78 is 0. The third-order valence-corrected chi connectivity index (χ3v) is 6.06. The van der Waals surface area contributed by atoms with Crippen LogP contribution in [0.3, 0.4) is 0 Å². The summed E-state index contributed by atoms with van der Waals surface area (Å²) in [6.45, 7) is 0.971. The van der Waals surface area contributed by atoms with E-state index in [4.69, 9.17) is 5.73 Å². The molecular formula is C15H24N2O. The molecule has 4 bridgehead atoms. The first-order chi connectivity index (χ1) is 8.66. The number of carbonyl (C=O) groups excluding carboxylic acids is 1. The van der Waals surface area contributed by atoms with Crippen LogP contribution in [-0.4, -0.2) is 28.9 Å². The summed E-state index contributed by atoms with van der Waals surface area (Å²) in [6.07, 6.45) is 10.1. The molecule has 1 saturated heterocycles. The molecule has 2 N–H and O–H groups in total. The smallest absolute Gasteiger partial charge is 0.239 e. The molecule has 3 nitrogen and oxygen atoms in total. The Labute approximate surface area is 109 Å². The number of amides is 1. The number of hydrogen-bond acceptors (Lipinski definition) is 2. The third kappa shape index (κ3) is 1.49. The van der Waals surface area contributed by atoms with E-state index in [-0.39, 0.29) is 17.5 Å². The minimum atomic E-state index is -0.216. The number of nitrogens with two attached hydrogens (primary N) is 1. The van der Waals surface area contributed by atoms with Crippen LogP contribution in [0.15, 0.2) is 0 Å². The molecule has 0 aromatic carbocycles. The topological polar surface area (TPSA) is 46.3 Å². The number of rotatable bonds is 1. The van der Waals surface area contributed by atoms with Crippen molar-refractivity contribution in [3.8, 4) is 0 Å². The highest BCUT2D eigenvalue weighted by Gasteiger charge is 2.55. The summed E-state index contributed by atoms with van der Waals surface area (Å²) in [5.74, 6) is 2.97. The zero-order chi connectivity index (χ0) is 12.3. The molecule has 1 atom stereocenters. The van der Waals surface area contributed by atoms with Crippen molar-refractivity contribution in [1.29, 1.82) is 0 Å². The molecule has 0 aromatic heterocycles. The number of hydrogen-bond donors (Lipinski definition) is 1. The minimum Gasteiger partial charge on any atom is -0.336 e. The first-order valence-corrected chi connectivity index (χ1v) is 7.73. The molecule has 0 aromatic rings. The predicted molar refractivity (Wildman–Crippen MR) is 69.8 cm³/mol. The average Bonchev–Trinajstić information content (AvgIpc) is 2.30. The van der Waals surface area contributed by atoms with Gasteiger partial charge in [-0.15, -0.1) is 0 Å². The zero-order valence-corrected chi connectivity index (χ0v) is 11.1. The van der Waals surface area contributed by atoms with Gasteiger partial charge in [-0.25, -0.2) is 0 Å². The van der Waals surface area contributed by atoms with Crippen LogP contribution in [0.25, 0.3) is 0 Å². The molecule has 3 heteroatoms. The van der Waals surface area contributed by atoms with Gasteiger partial charge < -0.3 is 10.6 Å². The number of likely N-dealkylation sites (tertiary alicyclic amines) is 1. The fourth-order valence-electron chi connectivity index (χ4n) is 5.77. The summed E-state index contributed by atoms with van der Waals surface area (Å²) in [5, 5.41) is 0. The lowest BCUT2D eigenvalue weighted by atomic mass is 9.52. The van der Waals surface area contributed by atoms with Crippen molar-refractivity contribution in [2.24, 2.45) is 23.5 Å².